The summed E-state index contributed by atoms with van der Waals surface area (Å²) < 4.78 is 0. The topological polar surface area (TPSA) is 196 Å². The van der Waals surface area contributed by atoms with Gasteiger partial charge in [0.15, 0.2) is 0 Å². The van der Waals surface area contributed by atoms with Gasteiger partial charge in [0.1, 0.15) is 22.8 Å². The minimum Gasteiger partial charge on any atom is -0.389 e. The van der Waals surface area contributed by atoms with E-state index in [1.807, 2.05) is 0 Å². The van der Waals surface area contributed by atoms with Crippen molar-refractivity contribution in [2.75, 3.05) is 10.6 Å². The van der Waals surface area contributed by atoms with Crippen LogP contribution in [0.3, 0.4) is 0 Å². The normalized spacial score (nSPS) is 12.5. The highest BCUT2D eigenvalue weighted by atomic mass is 35.5. The van der Waals surface area contributed by atoms with Crippen LogP contribution in [-0.2, 0) is 0 Å². The number of pyridine rings is 4. The molecule has 0 saturated heterocycles. The average Bonchev–Trinajstić information content (AvgIpc) is 3.24. The summed E-state index contributed by atoms with van der Waals surface area (Å²) in [5.74, 6) is 12.2. The highest BCUT2D eigenvalue weighted by molar-refractivity contribution is 6.40. The molecule has 4 aromatic heterocycles. The lowest BCUT2D eigenvalue weighted by atomic mass is 10.0. The summed E-state index contributed by atoms with van der Waals surface area (Å²) >= 11 is 25.7. The van der Waals surface area contributed by atoms with Gasteiger partial charge >= 0.3 is 0 Å². The van der Waals surface area contributed by atoms with E-state index < -0.39 is 23.4 Å². The number of hydrogen-bond acceptors (Lipinski definition) is 10. The van der Waals surface area contributed by atoms with Gasteiger partial charge in [-0.3, -0.25) is 9.59 Å². The van der Waals surface area contributed by atoms with Gasteiger partial charge in [0, 0.05) is 45.1 Å². The molecule has 0 amide bonds. The fourth-order valence-corrected chi connectivity index (χ4v) is 8.05. The molecule has 0 aliphatic rings. The molecule has 0 aliphatic carbocycles. The molecular formula is C50H42Cl4N6O6. The van der Waals surface area contributed by atoms with Gasteiger partial charge in [0.05, 0.1) is 65.5 Å². The van der Waals surface area contributed by atoms with Crippen LogP contribution in [0.5, 0.6) is 0 Å². The van der Waals surface area contributed by atoms with E-state index in [1.54, 1.807) is 127 Å². The van der Waals surface area contributed by atoms with E-state index in [0.717, 1.165) is 0 Å². The molecule has 0 saturated carbocycles. The SMILES string of the molecule is C[C@@H](O)c1cc(Cl)c(Nc2nc3ccc(C#CC(C)(C)O)cc3c3c(=O)[nH]ccc23)c(Cl)c1.C[C@H](O)c1cc(Cl)c(Nc2nc3ccc(C#CC(C)(C)O)cc3c3c(=O)[nH]ccc23)c(Cl)c1. The van der Waals surface area contributed by atoms with Crippen LogP contribution in [0.4, 0.5) is 23.0 Å². The Bertz CT molecular complexity index is 3200. The Labute approximate surface area is 398 Å². The molecule has 2 atom stereocenters. The fourth-order valence-electron chi connectivity index (χ4n) is 6.86. The number of aliphatic hydroxyl groups excluding tert-OH is 2. The van der Waals surface area contributed by atoms with Gasteiger partial charge < -0.3 is 41.0 Å². The van der Waals surface area contributed by atoms with Crippen molar-refractivity contribution in [2.24, 2.45) is 0 Å². The molecular weight excluding hydrogens is 922 g/mol. The number of nitrogens with zero attached hydrogens (tertiary/aromatic N) is 2. The number of benzene rings is 4. The first-order valence-electron chi connectivity index (χ1n) is 20.4. The Balaban J connectivity index is 0.000000196. The second kappa shape index (κ2) is 19.0. The number of aliphatic hydroxyl groups is 4. The van der Waals surface area contributed by atoms with Crippen LogP contribution in [0.1, 0.15) is 76.0 Å². The quantitative estimate of drug-likeness (QED) is 0.0587. The highest BCUT2D eigenvalue weighted by Gasteiger charge is 2.19. The van der Waals surface area contributed by atoms with Gasteiger partial charge in [0.25, 0.3) is 11.1 Å². The zero-order chi connectivity index (χ0) is 47.8. The largest absolute Gasteiger partial charge is 0.389 e. The van der Waals surface area contributed by atoms with Crippen LogP contribution in [-0.4, -0.2) is 51.6 Å². The molecule has 16 heteroatoms. The molecule has 0 radical (unpaired) electrons. The maximum Gasteiger partial charge on any atom is 0.256 e. The predicted octanol–water partition coefficient (Wildman–Crippen LogP) is 10.6. The third-order valence-corrected chi connectivity index (χ3v) is 11.2. The Kier molecular flexibility index (Phi) is 13.7. The van der Waals surface area contributed by atoms with Crippen LogP contribution in [0.15, 0.2) is 94.8 Å². The van der Waals surface area contributed by atoms with E-state index >= 15 is 0 Å². The summed E-state index contributed by atoms with van der Waals surface area (Å²) in [5.41, 5.74) is 1.62. The van der Waals surface area contributed by atoms with E-state index in [9.17, 15) is 30.0 Å². The van der Waals surface area contributed by atoms with E-state index in [4.69, 9.17) is 56.4 Å². The third kappa shape index (κ3) is 10.8. The molecule has 8 rings (SSSR count). The van der Waals surface area contributed by atoms with E-state index in [-0.39, 0.29) is 11.1 Å². The smallest absolute Gasteiger partial charge is 0.256 e. The molecule has 12 nitrogen and oxygen atoms in total. The van der Waals surface area contributed by atoms with Crippen LogP contribution >= 0.6 is 46.4 Å². The summed E-state index contributed by atoms with van der Waals surface area (Å²) in [6.45, 7) is 9.66. The Morgan fingerprint density at radius 1 is 0.561 bits per heavy atom. The number of aromatic amines is 2. The van der Waals surface area contributed by atoms with Crippen molar-refractivity contribution in [2.45, 2.75) is 65.0 Å². The second-order valence-corrected chi connectivity index (χ2v) is 18.1. The van der Waals surface area contributed by atoms with Crippen molar-refractivity contribution in [1.29, 1.82) is 0 Å². The van der Waals surface area contributed by atoms with Gasteiger partial charge in [-0.15, -0.1) is 0 Å². The van der Waals surface area contributed by atoms with Crippen molar-refractivity contribution < 1.29 is 20.4 Å². The zero-order valence-corrected chi connectivity index (χ0v) is 39.3. The van der Waals surface area contributed by atoms with Crippen LogP contribution < -0.4 is 21.8 Å². The molecule has 66 heavy (non-hydrogen) atoms. The van der Waals surface area contributed by atoms with Crippen LogP contribution in [0.2, 0.25) is 20.1 Å². The monoisotopic (exact) mass is 962 g/mol. The number of rotatable bonds is 6. The number of hydrogen-bond donors (Lipinski definition) is 8. The van der Waals surface area contributed by atoms with Gasteiger partial charge in [-0.25, -0.2) is 9.97 Å². The maximum absolute atomic E-state index is 12.8. The summed E-state index contributed by atoms with van der Waals surface area (Å²) in [4.78, 5) is 40.4. The predicted molar refractivity (Wildman–Crippen MR) is 267 cm³/mol. The lowest BCUT2D eigenvalue weighted by Crippen LogP contribution is -2.14. The van der Waals surface area contributed by atoms with E-state index in [0.29, 0.717) is 109 Å². The second-order valence-electron chi connectivity index (χ2n) is 16.5. The number of anilines is 4. The first kappa shape index (κ1) is 47.8. The lowest BCUT2D eigenvalue weighted by Gasteiger charge is -2.15. The lowest BCUT2D eigenvalue weighted by molar-refractivity contribution is 0.143. The van der Waals surface area contributed by atoms with E-state index in [2.05, 4.69) is 44.3 Å². The van der Waals surface area contributed by atoms with Crippen molar-refractivity contribution in [3.8, 4) is 23.7 Å². The van der Waals surface area contributed by atoms with Gasteiger partial charge in [-0.2, -0.15) is 0 Å². The number of halogens is 4. The zero-order valence-electron chi connectivity index (χ0n) is 36.2. The molecule has 8 aromatic rings. The molecule has 0 fully saturated rings. The summed E-state index contributed by atoms with van der Waals surface area (Å²) in [7, 11) is 0. The van der Waals surface area contributed by atoms with Gasteiger partial charge in [0.2, 0.25) is 0 Å². The molecule has 0 unspecified atom stereocenters. The number of nitrogens with one attached hydrogen (secondary N) is 4. The minimum absolute atomic E-state index is 0.280. The summed E-state index contributed by atoms with van der Waals surface area (Å²) in [6.07, 6.45) is 1.64. The molecule has 8 N–H and O–H groups in total. The first-order valence-corrected chi connectivity index (χ1v) is 21.9. The molecule has 0 aliphatic heterocycles. The number of fused-ring (bicyclic) bond motifs is 6. The molecule has 336 valence electrons. The summed E-state index contributed by atoms with van der Waals surface area (Å²) in [5, 5.41) is 50.3. The van der Waals surface area contributed by atoms with Crippen LogP contribution in [0.25, 0.3) is 43.4 Å². The molecule has 4 heterocycles. The Morgan fingerprint density at radius 3 is 1.23 bits per heavy atom. The first-order chi connectivity index (χ1) is 31.1. The minimum atomic E-state index is -1.14. The fraction of sp³-hybridized carbons (Fsp3) is 0.200. The standard InChI is InChI=1S/2C25H21Cl2N3O3/c2*1-13(31)15-11-18(26)22(19(27)12-15)30-23-16-7-9-28-24(32)21(16)17-10-14(4-5-20(17)29-23)6-8-25(2,3)33/h2*4-5,7,9-13,31,33H,1-3H3,(H,28,32)(H,29,30)/t2*13-/m10/s1. The highest BCUT2D eigenvalue weighted by Crippen LogP contribution is 2.39. The summed E-state index contributed by atoms with van der Waals surface area (Å²) in [6, 6.07) is 20.6. The maximum atomic E-state index is 12.8. The average molecular weight is 965 g/mol. The molecule has 0 spiro atoms. The number of H-pyrrole nitrogens is 2. The Morgan fingerprint density at radius 2 is 0.909 bits per heavy atom. The molecule has 4 aromatic carbocycles. The van der Waals surface area contributed by atoms with Crippen molar-refractivity contribution in [3.63, 3.8) is 0 Å². The van der Waals surface area contributed by atoms with Crippen LogP contribution in [0, 0.1) is 23.7 Å². The number of aromatic nitrogens is 4. The van der Waals surface area contributed by atoms with Crippen molar-refractivity contribution >= 4 is 113 Å². The molecule has 0 bridgehead atoms. The Hall–Kier alpha value is -6.16. The van der Waals surface area contributed by atoms with Crippen molar-refractivity contribution in [1.82, 2.24) is 19.9 Å². The third-order valence-electron chi connectivity index (χ3n) is 10.0. The van der Waals surface area contributed by atoms with Crippen molar-refractivity contribution in [3.05, 3.63) is 148 Å². The van der Waals surface area contributed by atoms with Gasteiger partial charge in [-0.05, 0) is 125 Å². The van der Waals surface area contributed by atoms with E-state index in [1.165, 1.54) is 0 Å². The van der Waals surface area contributed by atoms with Gasteiger partial charge in [-0.1, -0.05) is 70.1 Å².